The molecule has 5 amide bonds. The largest absolute Gasteiger partial charge is 0.477 e. The Morgan fingerprint density at radius 2 is 0.938 bits per heavy atom. The molecular weight excluding hydrogens is 1270 g/mol. The van der Waals surface area contributed by atoms with Crippen molar-refractivity contribution in [1.82, 2.24) is 85.3 Å². The number of aromatic carboxylic acids is 1. The van der Waals surface area contributed by atoms with Crippen LogP contribution in [0.25, 0.3) is 17.3 Å². The minimum atomic E-state index is -1.25. The molecule has 31 heteroatoms. The zero-order chi connectivity index (χ0) is 68.1. The average molecular weight is 1340 g/mol. The Bertz CT molecular complexity index is 4310. The van der Waals surface area contributed by atoms with E-state index < -0.39 is 35.4 Å². The topological polar surface area (TPSA) is 364 Å². The predicted octanol–water partition coefficient (Wildman–Crippen LogP) is 7.57. The Morgan fingerprint density at radius 3 is 1.38 bits per heavy atom. The number of carboxylic acids is 1. The summed E-state index contributed by atoms with van der Waals surface area (Å²) in [5.41, 5.74) is 9.45. The van der Waals surface area contributed by atoms with E-state index in [1.54, 1.807) is 57.2 Å². The van der Waals surface area contributed by atoms with Gasteiger partial charge in [0, 0.05) is 56.8 Å². The molecule has 27 nitrogen and oxygen atoms in total. The quantitative estimate of drug-likeness (QED) is 0.0407. The summed E-state index contributed by atoms with van der Waals surface area (Å²) in [6, 6.07) is 18.2. The highest BCUT2D eigenvalue weighted by Gasteiger charge is 2.28. The van der Waals surface area contributed by atoms with Gasteiger partial charge in [0.05, 0.1) is 0 Å². The summed E-state index contributed by atoms with van der Waals surface area (Å²) in [7, 11) is 0. The van der Waals surface area contributed by atoms with Crippen LogP contribution < -0.4 is 32.3 Å². The van der Waals surface area contributed by atoms with E-state index in [0.717, 1.165) is 79.4 Å². The van der Waals surface area contributed by atoms with Crippen molar-refractivity contribution in [3.63, 3.8) is 0 Å². The van der Waals surface area contributed by atoms with E-state index in [2.05, 4.69) is 71.8 Å². The van der Waals surface area contributed by atoms with Gasteiger partial charge in [-0.2, -0.15) is 43.8 Å². The van der Waals surface area contributed by atoms with Crippen molar-refractivity contribution in [2.24, 2.45) is 17.6 Å². The number of benzene rings is 3. The van der Waals surface area contributed by atoms with Gasteiger partial charge in [0.25, 0.3) is 41.0 Å². The number of alkyl carbamates (subject to hydrolysis) is 1. The van der Waals surface area contributed by atoms with Crippen LogP contribution in [0.4, 0.5) is 18.0 Å². The molecule has 2 aliphatic rings. The van der Waals surface area contributed by atoms with Gasteiger partial charge in [-0.3, -0.25) is 24.0 Å². The van der Waals surface area contributed by atoms with Crippen molar-refractivity contribution < 1.29 is 56.6 Å². The number of nitrogens with zero attached hydrogens (tertiary/aromatic N) is 12. The first-order chi connectivity index (χ1) is 45.3. The van der Waals surface area contributed by atoms with Crippen molar-refractivity contribution in [2.45, 2.75) is 137 Å². The summed E-state index contributed by atoms with van der Waals surface area (Å²) in [5, 5.41) is 35.3. The smallest absolute Gasteiger partial charge is 0.407 e. The van der Waals surface area contributed by atoms with Crippen LogP contribution in [0.15, 0.2) is 91.8 Å². The van der Waals surface area contributed by atoms with E-state index >= 15 is 0 Å². The lowest BCUT2D eigenvalue weighted by Crippen LogP contribution is -2.42. The number of hydrogen-bond acceptors (Lipinski definition) is 18. The van der Waals surface area contributed by atoms with Crippen LogP contribution in [-0.4, -0.2) is 136 Å². The Labute approximate surface area is 554 Å². The number of nitrogens with one attached hydrogen (secondary N) is 5. The molecule has 506 valence electrons. The van der Waals surface area contributed by atoms with Gasteiger partial charge in [0.1, 0.15) is 70.5 Å². The molecule has 0 atom stereocenters. The molecule has 0 unspecified atom stereocenters. The van der Waals surface area contributed by atoms with Crippen molar-refractivity contribution in [3.05, 3.63) is 177 Å². The standard InChI is InChI=1S/C27H34FN7O4.C23H27FN6O2.C15H12FN5O3.ClH/c1-16-11-18(7-10-20(16)28)14-29-23(36)21-12-22(35-25(34-21)31-15-32-35)24(37)30-13-17-5-8-19(9-6-17)33-26(38)39-27(2,3)4;1-14-10-15(4-8-18(14)24)5-9-21(31)19-11-20(30-23(29-19)27-13-28-30)22(32)26-12-16-2-6-17(25)7-3-16;1-8-4-9(2-3-10(8)16)6-17-13(22)11-5-12(14(23)24)21-15(20-11)18-7-19-21;/h7,10-12,15,17,19H,5-6,8-9,13-14H2,1-4H3,(H,29,36)(H,30,37)(H,33,38);4,8,10-11,13,16-17H,2-3,5-7,9,12,25H2,1H3,(H,26,32);2-5,7H,6H2,1H3,(H,17,22)(H,23,24);1H. The normalized spacial score (nSPS) is 16.0. The number of aromatic nitrogens is 12. The number of halogens is 4. The third kappa shape index (κ3) is 19.2. The van der Waals surface area contributed by atoms with Gasteiger partial charge in [-0.1, -0.05) is 36.4 Å². The zero-order valence-electron chi connectivity index (χ0n) is 53.6. The summed E-state index contributed by atoms with van der Waals surface area (Å²) in [5.74, 6) is -3.18. The molecule has 2 aliphatic carbocycles. The molecule has 11 rings (SSSR count). The molecule has 2 fully saturated rings. The highest BCUT2D eigenvalue weighted by molar-refractivity contribution is 6.00. The summed E-state index contributed by atoms with van der Waals surface area (Å²) < 4.78 is 49.2. The van der Waals surface area contributed by atoms with Crippen molar-refractivity contribution in [2.75, 3.05) is 13.1 Å². The second kappa shape index (κ2) is 32.2. The number of fused-ring (bicyclic) bond motifs is 3. The Hall–Kier alpha value is -10.4. The number of amides is 5. The number of ether oxygens (including phenoxy) is 1. The number of Topliss-reactive ketones (excluding diaryl/α,β-unsaturated/α-hetero) is 1. The van der Waals surface area contributed by atoms with Gasteiger partial charge in [-0.15, -0.1) is 12.4 Å². The summed E-state index contributed by atoms with van der Waals surface area (Å²) in [4.78, 5) is 111. The van der Waals surface area contributed by atoms with Gasteiger partial charge in [0.2, 0.25) is 0 Å². The molecule has 0 saturated heterocycles. The number of nitrogens with two attached hydrogens (primary N) is 1. The number of carbonyl (C=O) groups excluding carboxylic acids is 6. The maximum absolute atomic E-state index is 13.5. The minimum absolute atomic E-state index is 0. The molecule has 0 radical (unpaired) electrons. The van der Waals surface area contributed by atoms with Crippen LogP contribution >= 0.6 is 12.4 Å². The number of ketones is 1. The number of rotatable bonds is 18. The second-order valence-corrected chi connectivity index (χ2v) is 24.4. The Balaban J connectivity index is 0.000000188. The molecule has 0 bridgehead atoms. The number of hydrogen-bond donors (Lipinski definition) is 7. The van der Waals surface area contributed by atoms with Crippen LogP contribution in [-0.2, 0) is 24.2 Å². The van der Waals surface area contributed by atoms with Gasteiger partial charge >= 0.3 is 12.1 Å². The Morgan fingerprint density at radius 1 is 0.542 bits per heavy atom. The summed E-state index contributed by atoms with van der Waals surface area (Å²) in [6.07, 6.45) is 11.1. The van der Waals surface area contributed by atoms with E-state index in [9.17, 15) is 51.8 Å². The number of carbonyl (C=O) groups is 7. The minimum Gasteiger partial charge on any atom is -0.477 e. The summed E-state index contributed by atoms with van der Waals surface area (Å²) >= 11 is 0. The third-order valence-corrected chi connectivity index (χ3v) is 16.0. The first-order valence-corrected chi connectivity index (χ1v) is 30.9. The monoisotopic (exact) mass is 1340 g/mol. The first kappa shape index (κ1) is 71.5. The van der Waals surface area contributed by atoms with E-state index in [1.807, 2.05) is 20.8 Å². The maximum atomic E-state index is 13.5. The number of carboxylic acid groups (broad SMARTS) is 1. The predicted molar refractivity (Wildman–Crippen MR) is 345 cm³/mol. The molecule has 0 aliphatic heterocycles. The molecule has 6 aromatic heterocycles. The zero-order valence-corrected chi connectivity index (χ0v) is 54.4. The van der Waals surface area contributed by atoms with Crippen LogP contribution in [0.1, 0.15) is 175 Å². The van der Waals surface area contributed by atoms with Crippen LogP contribution in [0.5, 0.6) is 0 Å². The maximum Gasteiger partial charge on any atom is 0.407 e. The van der Waals surface area contributed by atoms with Gasteiger partial charge in [-0.05, 0) is 169 Å². The Kier molecular flexibility index (Phi) is 24.0. The second-order valence-electron chi connectivity index (χ2n) is 24.4. The lowest BCUT2D eigenvalue weighted by Gasteiger charge is -2.30. The fourth-order valence-electron chi connectivity index (χ4n) is 10.7. The SMILES string of the molecule is Cc1cc(CCC(=O)c2cc(C(=O)NCC3CCC(N)CC3)n3ncnc3n2)ccc1F.Cc1cc(CNC(=O)c2cc(C(=O)NCC3CCC(NC(=O)OC(C)(C)C)CC3)n3ncnc3n2)ccc1F.Cc1cc(CNC(=O)c2cc(C(=O)O)n3ncnc3n2)ccc1F.Cl. The number of aryl methyl sites for hydroxylation is 4. The van der Waals surface area contributed by atoms with Crippen LogP contribution in [0, 0.1) is 50.1 Å². The molecular formula is C65H74ClF3N18O9. The molecule has 2 saturated carbocycles. The molecule has 0 spiro atoms. The molecule has 3 aromatic carbocycles. The molecule has 8 N–H and O–H groups in total. The first-order valence-electron chi connectivity index (χ1n) is 30.9. The van der Waals surface area contributed by atoms with Gasteiger partial charge in [0.15, 0.2) is 11.5 Å². The molecule has 96 heavy (non-hydrogen) atoms. The van der Waals surface area contributed by atoms with Crippen molar-refractivity contribution in [3.8, 4) is 0 Å². The van der Waals surface area contributed by atoms with Gasteiger partial charge in [-0.25, -0.2) is 37.7 Å². The molecule has 9 aromatic rings. The van der Waals surface area contributed by atoms with Crippen molar-refractivity contribution in [1.29, 1.82) is 0 Å². The lowest BCUT2D eigenvalue weighted by atomic mass is 9.86. The van der Waals surface area contributed by atoms with E-state index in [-0.39, 0.29) is 131 Å². The fraction of sp³-hybridized carbons (Fsp3) is 0.385. The average Bonchev–Trinajstić information content (AvgIpc) is 1.58. The third-order valence-electron chi connectivity index (χ3n) is 16.0. The highest BCUT2D eigenvalue weighted by Crippen LogP contribution is 2.26. The lowest BCUT2D eigenvalue weighted by molar-refractivity contribution is 0.0486. The van der Waals surface area contributed by atoms with Crippen LogP contribution in [0.2, 0.25) is 0 Å². The summed E-state index contributed by atoms with van der Waals surface area (Å²) in [6.45, 7) is 11.8. The van der Waals surface area contributed by atoms with E-state index in [4.69, 9.17) is 10.5 Å². The van der Waals surface area contributed by atoms with Crippen molar-refractivity contribution >= 4 is 71.2 Å². The fourth-order valence-corrected chi connectivity index (χ4v) is 10.7. The molecule has 6 heterocycles. The highest BCUT2D eigenvalue weighted by atomic mass is 35.5. The van der Waals surface area contributed by atoms with E-state index in [0.29, 0.717) is 47.7 Å². The van der Waals surface area contributed by atoms with Crippen LogP contribution in [0.3, 0.4) is 0 Å². The van der Waals surface area contributed by atoms with Gasteiger partial charge < -0.3 is 42.2 Å². The van der Waals surface area contributed by atoms with E-state index in [1.165, 1.54) is 52.0 Å².